The highest BCUT2D eigenvalue weighted by molar-refractivity contribution is 5.93. The van der Waals surface area contributed by atoms with Gasteiger partial charge in [-0.05, 0) is 77.0 Å². The van der Waals surface area contributed by atoms with E-state index in [-0.39, 0.29) is 24.8 Å². The number of rotatable bonds is 15. The van der Waals surface area contributed by atoms with Crippen molar-refractivity contribution in [3.05, 3.63) is 34.9 Å². The largest absolute Gasteiger partial charge is 0.444 e. The molecule has 1 saturated carbocycles. The predicted octanol–water partition coefficient (Wildman–Crippen LogP) is 5.75. The molecule has 0 aliphatic heterocycles. The Balaban J connectivity index is 2.54. The van der Waals surface area contributed by atoms with Crippen molar-refractivity contribution in [1.82, 2.24) is 15.5 Å². The summed E-state index contributed by atoms with van der Waals surface area (Å²) in [6, 6.07) is 3.94. The van der Waals surface area contributed by atoms with Crippen molar-refractivity contribution in [1.29, 1.82) is 0 Å². The molecule has 9 nitrogen and oxygen atoms in total. The topological polar surface area (TPSA) is 131 Å². The molecule has 236 valence electrons. The number of hydrogen-bond acceptors (Lipinski definition) is 5. The number of carbonyl (C=O) groups excluding carboxylic acids is 4. The summed E-state index contributed by atoms with van der Waals surface area (Å²) in [4.78, 5) is 54.8. The molecule has 2 atom stereocenters. The Labute approximate surface area is 252 Å². The van der Waals surface area contributed by atoms with E-state index in [0.717, 1.165) is 74.5 Å². The van der Waals surface area contributed by atoms with Crippen molar-refractivity contribution in [3.8, 4) is 0 Å². The van der Waals surface area contributed by atoms with Gasteiger partial charge < -0.3 is 26.0 Å². The minimum Gasteiger partial charge on any atom is -0.444 e. The molecule has 0 saturated heterocycles. The standard InChI is InChI=1S/C33H54N4O5/c1-7-8-9-10-14-22-37(31(40)26(20-21-27(34)38)36-32(41)42-33(4,5)6)29(28-23(2)16-15-17-24(28)3)30(39)35-25-18-12-11-13-19-25/h15-17,25-26,29H,7-14,18-22H2,1-6H3,(H2,34,38)(H,35,39)(H,36,41). The number of ether oxygens (including phenoxy) is 1. The number of hydrogen-bond donors (Lipinski definition) is 3. The normalized spacial score (nSPS) is 15.4. The molecule has 1 aromatic carbocycles. The smallest absolute Gasteiger partial charge is 0.408 e. The lowest BCUT2D eigenvalue weighted by molar-refractivity contribution is -0.143. The molecule has 4 amide bonds. The van der Waals surface area contributed by atoms with Gasteiger partial charge in [0.15, 0.2) is 0 Å². The summed E-state index contributed by atoms with van der Waals surface area (Å²) in [7, 11) is 0. The molecule has 0 spiro atoms. The van der Waals surface area contributed by atoms with E-state index in [1.807, 2.05) is 32.0 Å². The fraction of sp³-hybridized carbons (Fsp3) is 0.697. The second kappa shape index (κ2) is 17.1. The number of aryl methyl sites for hydroxylation is 2. The summed E-state index contributed by atoms with van der Waals surface area (Å²) in [6.45, 7) is 11.6. The molecule has 1 aliphatic rings. The minimum absolute atomic E-state index is 0.00343. The molecule has 0 aromatic heterocycles. The van der Waals surface area contributed by atoms with Crippen LogP contribution in [0.15, 0.2) is 18.2 Å². The Bertz CT molecular complexity index is 1030. The van der Waals surface area contributed by atoms with Crippen molar-refractivity contribution in [2.75, 3.05) is 6.54 Å². The number of benzene rings is 1. The SMILES string of the molecule is CCCCCCCN(C(=O)C(CCC(N)=O)NC(=O)OC(C)(C)C)C(C(=O)NC1CCCCC1)c1c(C)cccc1C. The van der Waals surface area contributed by atoms with Crippen molar-refractivity contribution < 1.29 is 23.9 Å². The molecule has 2 unspecified atom stereocenters. The van der Waals surface area contributed by atoms with Gasteiger partial charge in [-0.15, -0.1) is 0 Å². The Hall–Kier alpha value is -3.10. The van der Waals surface area contributed by atoms with E-state index in [1.165, 1.54) is 0 Å². The van der Waals surface area contributed by atoms with Crippen LogP contribution in [-0.2, 0) is 19.1 Å². The lowest BCUT2D eigenvalue weighted by Gasteiger charge is -2.37. The second-order valence-corrected chi connectivity index (χ2v) is 12.7. The van der Waals surface area contributed by atoms with Gasteiger partial charge in [0.05, 0.1) is 0 Å². The molecule has 1 aromatic rings. The number of alkyl carbamates (subject to hydrolysis) is 1. The molecule has 2 rings (SSSR count). The van der Waals surface area contributed by atoms with Crippen LogP contribution in [-0.4, -0.2) is 52.9 Å². The van der Waals surface area contributed by atoms with Crippen LogP contribution in [0.25, 0.3) is 0 Å². The first-order valence-electron chi connectivity index (χ1n) is 15.8. The van der Waals surface area contributed by atoms with Crippen LogP contribution in [0, 0.1) is 13.8 Å². The number of carbonyl (C=O) groups is 4. The van der Waals surface area contributed by atoms with Crippen LogP contribution < -0.4 is 16.4 Å². The Morgan fingerprint density at radius 1 is 1.00 bits per heavy atom. The second-order valence-electron chi connectivity index (χ2n) is 12.7. The molecule has 0 bridgehead atoms. The number of unbranched alkanes of at least 4 members (excludes halogenated alkanes) is 4. The van der Waals surface area contributed by atoms with E-state index in [2.05, 4.69) is 17.6 Å². The van der Waals surface area contributed by atoms with Gasteiger partial charge in [-0.25, -0.2) is 4.79 Å². The highest BCUT2D eigenvalue weighted by atomic mass is 16.6. The first-order chi connectivity index (χ1) is 19.8. The third-order valence-electron chi connectivity index (χ3n) is 7.78. The number of nitrogens with two attached hydrogens (primary N) is 1. The van der Waals surface area contributed by atoms with Crippen LogP contribution in [0.2, 0.25) is 0 Å². The summed E-state index contributed by atoms with van der Waals surface area (Å²) in [6.07, 6.45) is 9.09. The third kappa shape index (κ3) is 11.6. The molecule has 42 heavy (non-hydrogen) atoms. The fourth-order valence-corrected chi connectivity index (χ4v) is 5.66. The van der Waals surface area contributed by atoms with Crippen molar-refractivity contribution in [2.45, 2.75) is 142 Å². The van der Waals surface area contributed by atoms with Gasteiger partial charge in [0.25, 0.3) is 0 Å². The summed E-state index contributed by atoms with van der Waals surface area (Å²) < 4.78 is 5.45. The van der Waals surface area contributed by atoms with Gasteiger partial charge in [0.1, 0.15) is 17.7 Å². The summed E-state index contributed by atoms with van der Waals surface area (Å²) in [5.74, 6) is -1.22. The van der Waals surface area contributed by atoms with Gasteiger partial charge in [0, 0.05) is 19.0 Å². The van der Waals surface area contributed by atoms with Crippen LogP contribution in [0.3, 0.4) is 0 Å². The van der Waals surface area contributed by atoms with Gasteiger partial charge in [-0.2, -0.15) is 0 Å². The quantitative estimate of drug-likeness (QED) is 0.225. The van der Waals surface area contributed by atoms with Crippen LogP contribution >= 0.6 is 0 Å². The number of nitrogens with zero attached hydrogens (tertiary/aromatic N) is 1. The Kier molecular flexibility index (Phi) is 14.3. The molecule has 0 radical (unpaired) electrons. The Morgan fingerprint density at radius 2 is 1.62 bits per heavy atom. The molecular weight excluding hydrogens is 532 g/mol. The molecular formula is C33H54N4O5. The van der Waals surface area contributed by atoms with E-state index < -0.39 is 35.6 Å². The van der Waals surface area contributed by atoms with Gasteiger partial charge >= 0.3 is 6.09 Å². The number of nitrogens with one attached hydrogen (secondary N) is 2. The third-order valence-corrected chi connectivity index (χ3v) is 7.78. The average Bonchev–Trinajstić information content (AvgIpc) is 2.90. The summed E-state index contributed by atoms with van der Waals surface area (Å²) in [5.41, 5.74) is 7.29. The molecule has 9 heteroatoms. The number of primary amides is 1. The van der Waals surface area contributed by atoms with E-state index in [9.17, 15) is 19.2 Å². The zero-order valence-electron chi connectivity index (χ0n) is 26.7. The summed E-state index contributed by atoms with van der Waals surface area (Å²) in [5, 5.41) is 5.94. The van der Waals surface area contributed by atoms with Gasteiger partial charge in [-0.1, -0.05) is 70.1 Å². The van der Waals surface area contributed by atoms with E-state index in [1.54, 1.807) is 25.7 Å². The maximum Gasteiger partial charge on any atom is 0.408 e. The first-order valence-corrected chi connectivity index (χ1v) is 15.8. The van der Waals surface area contributed by atoms with Gasteiger partial charge in [-0.3, -0.25) is 14.4 Å². The Morgan fingerprint density at radius 3 is 2.19 bits per heavy atom. The monoisotopic (exact) mass is 586 g/mol. The highest BCUT2D eigenvalue weighted by Gasteiger charge is 2.38. The fourth-order valence-electron chi connectivity index (χ4n) is 5.66. The zero-order valence-corrected chi connectivity index (χ0v) is 26.7. The van der Waals surface area contributed by atoms with Crippen molar-refractivity contribution in [3.63, 3.8) is 0 Å². The van der Waals surface area contributed by atoms with Crippen molar-refractivity contribution >= 4 is 23.8 Å². The van der Waals surface area contributed by atoms with E-state index in [4.69, 9.17) is 10.5 Å². The molecule has 4 N–H and O–H groups in total. The first kappa shape index (κ1) is 35.1. The van der Waals surface area contributed by atoms with E-state index >= 15 is 0 Å². The molecule has 0 heterocycles. The highest BCUT2D eigenvalue weighted by Crippen LogP contribution is 2.30. The lowest BCUT2D eigenvalue weighted by Crippen LogP contribution is -2.54. The minimum atomic E-state index is -1.09. The maximum atomic E-state index is 14.4. The molecule has 1 aliphatic carbocycles. The predicted molar refractivity (Wildman–Crippen MR) is 166 cm³/mol. The van der Waals surface area contributed by atoms with Crippen molar-refractivity contribution in [2.24, 2.45) is 5.73 Å². The zero-order chi connectivity index (χ0) is 31.3. The van der Waals surface area contributed by atoms with Gasteiger partial charge in [0.2, 0.25) is 17.7 Å². The average molecular weight is 587 g/mol. The number of amides is 4. The molecule has 1 fully saturated rings. The summed E-state index contributed by atoms with van der Waals surface area (Å²) >= 11 is 0. The maximum absolute atomic E-state index is 14.4. The van der Waals surface area contributed by atoms with Crippen LogP contribution in [0.1, 0.15) is 127 Å². The van der Waals surface area contributed by atoms with E-state index in [0.29, 0.717) is 13.0 Å². The van der Waals surface area contributed by atoms with Crippen LogP contribution in [0.5, 0.6) is 0 Å². The van der Waals surface area contributed by atoms with Crippen LogP contribution in [0.4, 0.5) is 4.79 Å². The lowest BCUT2D eigenvalue weighted by atomic mass is 9.91.